The normalized spacial score (nSPS) is 12.4. The van der Waals surface area contributed by atoms with E-state index in [0.29, 0.717) is 12.8 Å². The van der Waals surface area contributed by atoms with Crippen molar-refractivity contribution in [3.63, 3.8) is 0 Å². The van der Waals surface area contributed by atoms with E-state index in [1.807, 2.05) is 0 Å². The van der Waals surface area contributed by atoms with Gasteiger partial charge in [-0.05, 0) is 64.6 Å². The van der Waals surface area contributed by atoms with Gasteiger partial charge in [0.15, 0.2) is 0 Å². The highest BCUT2D eigenvalue weighted by atomic mass is 16.2. The quantitative estimate of drug-likeness (QED) is 0.0506. The summed E-state index contributed by atoms with van der Waals surface area (Å²) in [5, 5.41) is 9.68. The van der Waals surface area contributed by atoms with Gasteiger partial charge in [0, 0.05) is 12.8 Å². The first kappa shape index (κ1) is 46.0. The second-order valence-electron chi connectivity index (χ2n) is 13.2. The van der Waals surface area contributed by atoms with Crippen molar-refractivity contribution in [1.29, 1.82) is 0 Å². The second kappa shape index (κ2) is 37.3. The molecule has 0 aromatic carbocycles. The molecule has 0 aromatic heterocycles. The molecule has 0 spiro atoms. The number of unbranched alkanes of at least 4 members (excludes halogenated alkanes) is 16. The molecule has 0 aromatic rings. The summed E-state index contributed by atoms with van der Waals surface area (Å²) in [5.41, 5.74) is 0. The van der Waals surface area contributed by atoms with E-state index in [1.54, 1.807) is 0 Å². The average molecular weight is 639 g/mol. The molecule has 0 aliphatic rings. The molecule has 0 aliphatic heterocycles. The molecule has 0 radical (unpaired) electrons. The highest BCUT2D eigenvalue weighted by Crippen LogP contribution is 2.12. The number of rotatable bonds is 32. The van der Waals surface area contributed by atoms with Gasteiger partial charge < -0.3 is 10.6 Å². The molecule has 45 heavy (non-hydrogen) atoms. The number of amides is 2. The Balaban J connectivity index is 0. The Morgan fingerprint density at radius 1 is 0.467 bits per heavy atom. The van der Waals surface area contributed by atoms with Crippen LogP contribution in [0.3, 0.4) is 0 Å². The Morgan fingerprint density at radius 3 is 1.22 bits per heavy atom. The fraction of sp³-hybridized carbons (Fsp3) is 0.949. The number of carbonyl (C=O) groups excluding carboxylic acids is 2. The SMILES string of the molecule is CCCCCCCCCCCC(=O)NC(CC)N(CCC)CCC.CCCCCCCCCCCC(=O)NC(CC)NCCC. The van der Waals surface area contributed by atoms with Crippen LogP contribution in [0.5, 0.6) is 0 Å². The Hall–Kier alpha value is -1.14. The van der Waals surface area contributed by atoms with Crippen LogP contribution in [-0.2, 0) is 9.59 Å². The predicted octanol–water partition coefficient (Wildman–Crippen LogP) is 10.6. The van der Waals surface area contributed by atoms with E-state index in [-0.39, 0.29) is 24.1 Å². The van der Waals surface area contributed by atoms with Crippen molar-refractivity contribution in [3.05, 3.63) is 0 Å². The molecule has 0 saturated carbocycles. The molecule has 0 bridgehead atoms. The van der Waals surface area contributed by atoms with Gasteiger partial charge in [-0.15, -0.1) is 0 Å². The molecule has 0 heterocycles. The van der Waals surface area contributed by atoms with Crippen LogP contribution in [0.4, 0.5) is 0 Å². The molecule has 270 valence electrons. The number of carbonyl (C=O) groups is 2. The Labute approximate surface area is 282 Å². The van der Waals surface area contributed by atoms with E-state index in [2.05, 4.69) is 69.3 Å². The van der Waals surface area contributed by atoms with E-state index in [1.165, 1.54) is 103 Å². The standard InChI is InChI=1S/C21H44N2O.C18H38N2O/c1-5-9-10-11-12-13-14-15-16-17-21(24)22-20(8-4)23(18-6-2)19-7-3;1-4-7-8-9-10-11-12-13-14-15-18(21)20-17(6-3)19-16-5-2/h20H,5-19H2,1-4H3,(H,22,24);17,19H,4-16H2,1-3H3,(H,20,21). The molecule has 6 heteroatoms. The molecule has 0 rings (SSSR count). The molecule has 2 unspecified atom stereocenters. The summed E-state index contributed by atoms with van der Waals surface area (Å²) >= 11 is 0. The zero-order valence-corrected chi connectivity index (χ0v) is 31.7. The van der Waals surface area contributed by atoms with Crippen molar-refractivity contribution in [1.82, 2.24) is 20.9 Å². The number of nitrogens with zero attached hydrogens (tertiary/aromatic N) is 1. The summed E-state index contributed by atoms with van der Waals surface area (Å²) in [6, 6.07) is 0. The fourth-order valence-corrected chi connectivity index (χ4v) is 5.78. The third-order valence-electron chi connectivity index (χ3n) is 8.58. The maximum Gasteiger partial charge on any atom is 0.221 e. The van der Waals surface area contributed by atoms with E-state index in [0.717, 1.165) is 64.6 Å². The van der Waals surface area contributed by atoms with Gasteiger partial charge in [-0.25, -0.2) is 0 Å². The lowest BCUT2D eigenvalue weighted by Gasteiger charge is -2.31. The minimum absolute atomic E-state index is 0.149. The van der Waals surface area contributed by atoms with Gasteiger partial charge in [0.2, 0.25) is 11.8 Å². The minimum Gasteiger partial charge on any atom is -0.341 e. The van der Waals surface area contributed by atoms with E-state index in [4.69, 9.17) is 0 Å². The van der Waals surface area contributed by atoms with Gasteiger partial charge in [-0.1, -0.05) is 151 Å². The van der Waals surface area contributed by atoms with E-state index in [9.17, 15) is 9.59 Å². The molecular weight excluding hydrogens is 556 g/mol. The van der Waals surface area contributed by atoms with Gasteiger partial charge in [-0.3, -0.25) is 19.8 Å². The van der Waals surface area contributed by atoms with Gasteiger partial charge >= 0.3 is 0 Å². The van der Waals surface area contributed by atoms with Crippen molar-refractivity contribution in [2.45, 2.75) is 221 Å². The third-order valence-corrected chi connectivity index (χ3v) is 8.58. The van der Waals surface area contributed by atoms with Crippen molar-refractivity contribution in [2.24, 2.45) is 0 Å². The van der Waals surface area contributed by atoms with Crippen LogP contribution in [0.25, 0.3) is 0 Å². The van der Waals surface area contributed by atoms with Gasteiger partial charge in [0.05, 0.1) is 12.3 Å². The smallest absolute Gasteiger partial charge is 0.221 e. The Kier molecular flexibility index (Phi) is 38.1. The van der Waals surface area contributed by atoms with Gasteiger partial charge in [-0.2, -0.15) is 0 Å². The molecule has 6 nitrogen and oxygen atoms in total. The van der Waals surface area contributed by atoms with Crippen molar-refractivity contribution in [2.75, 3.05) is 19.6 Å². The van der Waals surface area contributed by atoms with Gasteiger partial charge in [0.25, 0.3) is 0 Å². The highest BCUT2D eigenvalue weighted by Gasteiger charge is 2.17. The molecule has 0 aliphatic carbocycles. The monoisotopic (exact) mass is 639 g/mol. The zero-order valence-electron chi connectivity index (χ0n) is 31.7. The van der Waals surface area contributed by atoms with Crippen molar-refractivity contribution < 1.29 is 9.59 Å². The van der Waals surface area contributed by atoms with Crippen LogP contribution in [0.1, 0.15) is 209 Å². The lowest BCUT2D eigenvalue weighted by Crippen LogP contribution is -2.48. The Bertz CT molecular complexity index is 610. The van der Waals surface area contributed by atoms with E-state index < -0.39 is 0 Å². The molecule has 0 saturated heterocycles. The summed E-state index contributed by atoms with van der Waals surface area (Å²) in [4.78, 5) is 26.5. The number of hydrogen-bond acceptors (Lipinski definition) is 4. The lowest BCUT2D eigenvalue weighted by molar-refractivity contribution is -0.123. The minimum atomic E-state index is 0.149. The number of hydrogen-bond donors (Lipinski definition) is 3. The molecular formula is C39H82N4O2. The highest BCUT2D eigenvalue weighted by molar-refractivity contribution is 5.76. The predicted molar refractivity (Wildman–Crippen MR) is 199 cm³/mol. The summed E-state index contributed by atoms with van der Waals surface area (Å²) in [7, 11) is 0. The van der Waals surface area contributed by atoms with Gasteiger partial charge in [0.1, 0.15) is 0 Å². The summed E-state index contributed by atoms with van der Waals surface area (Å²) in [6.07, 6.45) is 30.5. The lowest BCUT2D eigenvalue weighted by atomic mass is 10.1. The first-order chi connectivity index (χ1) is 21.9. The fourth-order valence-electron chi connectivity index (χ4n) is 5.78. The summed E-state index contributed by atoms with van der Waals surface area (Å²) < 4.78 is 0. The van der Waals surface area contributed by atoms with Crippen LogP contribution in [0.15, 0.2) is 0 Å². The topological polar surface area (TPSA) is 73.5 Å². The summed E-state index contributed by atoms with van der Waals surface area (Å²) in [6.45, 7) is 18.5. The van der Waals surface area contributed by atoms with E-state index >= 15 is 0 Å². The van der Waals surface area contributed by atoms with Crippen LogP contribution < -0.4 is 16.0 Å². The second-order valence-corrected chi connectivity index (χ2v) is 13.2. The van der Waals surface area contributed by atoms with Crippen LogP contribution >= 0.6 is 0 Å². The first-order valence-corrected chi connectivity index (χ1v) is 20.0. The molecule has 3 N–H and O–H groups in total. The third kappa shape index (κ3) is 32.6. The Morgan fingerprint density at radius 2 is 0.867 bits per heavy atom. The average Bonchev–Trinajstić information content (AvgIpc) is 3.04. The molecule has 0 fully saturated rings. The van der Waals surface area contributed by atoms with Crippen LogP contribution in [0, 0.1) is 0 Å². The van der Waals surface area contributed by atoms with Crippen LogP contribution in [0.2, 0.25) is 0 Å². The van der Waals surface area contributed by atoms with Crippen LogP contribution in [-0.4, -0.2) is 48.7 Å². The summed E-state index contributed by atoms with van der Waals surface area (Å²) in [5.74, 6) is 0.440. The maximum absolute atomic E-state index is 12.2. The first-order valence-electron chi connectivity index (χ1n) is 20.0. The van der Waals surface area contributed by atoms with Crippen molar-refractivity contribution in [3.8, 4) is 0 Å². The zero-order chi connectivity index (χ0) is 33.8. The van der Waals surface area contributed by atoms with Crippen molar-refractivity contribution >= 4 is 11.8 Å². The molecule has 2 atom stereocenters. The number of nitrogens with one attached hydrogen (secondary N) is 3. The largest absolute Gasteiger partial charge is 0.341 e. The molecule has 2 amide bonds. The maximum atomic E-state index is 12.2.